The normalized spacial score (nSPS) is 10.9. The SMILES string of the molecule is Cc1cc(C(=O)Nc2nnc(SCc3ccc(F)c(F)c3)s2)c(C)o1. The van der Waals surface area contributed by atoms with Crippen molar-refractivity contribution in [2.75, 3.05) is 5.32 Å². The molecule has 0 saturated carbocycles. The number of rotatable bonds is 5. The molecule has 9 heteroatoms. The number of aromatic nitrogens is 2. The Labute approximate surface area is 150 Å². The third-order valence-electron chi connectivity index (χ3n) is 3.26. The van der Waals surface area contributed by atoms with E-state index in [1.165, 1.54) is 29.2 Å². The number of halogens is 2. The number of amides is 1. The quantitative estimate of drug-likeness (QED) is 0.518. The number of benzene rings is 1. The first-order valence-corrected chi connectivity index (χ1v) is 9.01. The number of aryl methyl sites for hydroxylation is 2. The Kier molecular flexibility index (Phi) is 5.14. The topological polar surface area (TPSA) is 68.0 Å². The maximum absolute atomic E-state index is 13.2. The molecule has 0 aliphatic heterocycles. The molecule has 0 saturated heterocycles. The highest BCUT2D eigenvalue weighted by Crippen LogP contribution is 2.29. The van der Waals surface area contributed by atoms with Crippen molar-refractivity contribution in [3.8, 4) is 0 Å². The second-order valence-corrected chi connectivity index (χ2v) is 7.39. The van der Waals surface area contributed by atoms with E-state index in [1.54, 1.807) is 19.9 Å². The summed E-state index contributed by atoms with van der Waals surface area (Å²) in [5, 5.41) is 10.9. The molecule has 1 N–H and O–H groups in total. The summed E-state index contributed by atoms with van der Waals surface area (Å²) in [5.41, 5.74) is 1.08. The van der Waals surface area contributed by atoms with E-state index in [9.17, 15) is 13.6 Å². The Balaban J connectivity index is 1.61. The fraction of sp³-hybridized carbons (Fsp3) is 0.188. The van der Waals surface area contributed by atoms with E-state index >= 15 is 0 Å². The van der Waals surface area contributed by atoms with E-state index in [4.69, 9.17) is 4.42 Å². The van der Waals surface area contributed by atoms with Crippen molar-refractivity contribution < 1.29 is 18.0 Å². The number of hydrogen-bond acceptors (Lipinski definition) is 6. The Morgan fingerprint density at radius 1 is 1.24 bits per heavy atom. The lowest BCUT2D eigenvalue weighted by Crippen LogP contribution is -2.11. The van der Waals surface area contributed by atoms with Gasteiger partial charge in [0.2, 0.25) is 5.13 Å². The van der Waals surface area contributed by atoms with Crippen LogP contribution < -0.4 is 5.32 Å². The molecule has 0 aliphatic rings. The largest absolute Gasteiger partial charge is 0.466 e. The molecule has 130 valence electrons. The Morgan fingerprint density at radius 2 is 2.04 bits per heavy atom. The molecule has 0 bridgehead atoms. The molecule has 0 atom stereocenters. The average Bonchev–Trinajstić information content (AvgIpc) is 3.14. The number of anilines is 1. The summed E-state index contributed by atoms with van der Waals surface area (Å²) >= 11 is 2.53. The number of carbonyl (C=O) groups is 1. The fourth-order valence-electron chi connectivity index (χ4n) is 2.11. The van der Waals surface area contributed by atoms with Crippen molar-refractivity contribution in [3.05, 3.63) is 58.5 Å². The van der Waals surface area contributed by atoms with Gasteiger partial charge in [-0.3, -0.25) is 10.1 Å². The molecule has 3 rings (SSSR count). The highest BCUT2D eigenvalue weighted by atomic mass is 32.2. The second-order valence-electron chi connectivity index (χ2n) is 5.19. The summed E-state index contributed by atoms with van der Waals surface area (Å²) in [4.78, 5) is 12.2. The van der Waals surface area contributed by atoms with Gasteiger partial charge in [0, 0.05) is 5.75 Å². The first-order chi connectivity index (χ1) is 11.9. The van der Waals surface area contributed by atoms with Crippen LogP contribution in [0.4, 0.5) is 13.9 Å². The summed E-state index contributed by atoms with van der Waals surface area (Å²) in [5.74, 6) is -0.467. The lowest BCUT2D eigenvalue weighted by molar-refractivity contribution is 0.102. The van der Waals surface area contributed by atoms with E-state index in [2.05, 4.69) is 15.5 Å². The van der Waals surface area contributed by atoms with E-state index in [0.717, 1.165) is 12.1 Å². The van der Waals surface area contributed by atoms with Crippen LogP contribution in [0.3, 0.4) is 0 Å². The molecule has 0 aliphatic carbocycles. The van der Waals surface area contributed by atoms with Crippen molar-refractivity contribution in [3.63, 3.8) is 0 Å². The van der Waals surface area contributed by atoms with Gasteiger partial charge in [-0.1, -0.05) is 29.2 Å². The van der Waals surface area contributed by atoms with E-state index < -0.39 is 11.6 Å². The third-order valence-corrected chi connectivity index (χ3v) is 5.30. The Hall–Kier alpha value is -2.26. The first kappa shape index (κ1) is 17.6. The van der Waals surface area contributed by atoms with E-state index in [0.29, 0.717) is 37.9 Å². The predicted octanol–water partition coefficient (Wildman–Crippen LogP) is 4.57. The van der Waals surface area contributed by atoms with Crippen LogP contribution in [0.25, 0.3) is 0 Å². The fourth-order valence-corrected chi connectivity index (χ4v) is 3.80. The van der Waals surface area contributed by atoms with Gasteiger partial charge in [-0.25, -0.2) is 8.78 Å². The van der Waals surface area contributed by atoms with Gasteiger partial charge < -0.3 is 4.42 Å². The molecule has 0 unspecified atom stereocenters. The van der Waals surface area contributed by atoms with Gasteiger partial charge in [0.15, 0.2) is 16.0 Å². The number of thioether (sulfide) groups is 1. The summed E-state index contributed by atoms with van der Waals surface area (Å²) in [6.07, 6.45) is 0. The summed E-state index contributed by atoms with van der Waals surface area (Å²) < 4.78 is 32.0. The van der Waals surface area contributed by atoms with Crippen molar-refractivity contribution in [1.29, 1.82) is 0 Å². The molecule has 2 aromatic heterocycles. The summed E-state index contributed by atoms with van der Waals surface area (Å²) in [7, 11) is 0. The van der Waals surface area contributed by atoms with Crippen LogP contribution in [0.15, 0.2) is 33.0 Å². The van der Waals surface area contributed by atoms with Gasteiger partial charge in [0.1, 0.15) is 11.5 Å². The predicted molar refractivity (Wildman–Crippen MR) is 92.0 cm³/mol. The zero-order chi connectivity index (χ0) is 18.0. The van der Waals surface area contributed by atoms with E-state index in [-0.39, 0.29) is 5.91 Å². The number of carbonyl (C=O) groups excluding carboxylic acids is 1. The maximum atomic E-state index is 13.2. The number of nitrogens with one attached hydrogen (secondary N) is 1. The van der Waals surface area contributed by atoms with Crippen molar-refractivity contribution in [2.24, 2.45) is 0 Å². The van der Waals surface area contributed by atoms with Gasteiger partial charge in [-0.15, -0.1) is 10.2 Å². The van der Waals surface area contributed by atoms with Crippen LogP contribution in [-0.4, -0.2) is 16.1 Å². The minimum atomic E-state index is -0.880. The van der Waals surface area contributed by atoms with Crippen molar-refractivity contribution >= 4 is 34.1 Å². The molecular weight excluding hydrogens is 368 g/mol. The number of hydrogen-bond donors (Lipinski definition) is 1. The van der Waals surface area contributed by atoms with Gasteiger partial charge in [-0.05, 0) is 37.6 Å². The maximum Gasteiger partial charge on any atom is 0.261 e. The number of furan rings is 1. The first-order valence-electron chi connectivity index (χ1n) is 7.21. The van der Waals surface area contributed by atoms with Crippen molar-refractivity contribution in [1.82, 2.24) is 10.2 Å². The highest BCUT2D eigenvalue weighted by Gasteiger charge is 2.16. The zero-order valence-corrected chi connectivity index (χ0v) is 14.9. The summed E-state index contributed by atoms with van der Waals surface area (Å²) in [6, 6.07) is 5.41. The summed E-state index contributed by atoms with van der Waals surface area (Å²) in [6.45, 7) is 3.48. The molecule has 1 amide bonds. The standard InChI is InChI=1S/C16H13F2N3O2S2/c1-8-5-11(9(2)23-8)14(22)19-15-20-21-16(25-15)24-7-10-3-4-12(17)13(18)6-10/h3-6H,7H2,1-2H3,(H,19,20,22). The molecule has 1 aromatic carbocycles. The second kappa shape index (κ2) is 7.32. The minimum Gasteiger partial charge on any atom is -0.466 e. The van der Waals surface area contributed by atoms with Gasteiger partial charge in [-0.2, -0.15) is 0 Å². The van der Waals surface area contributed by atoms with Gasteiger partial charge in [0.25, 0.3) is 5.91 Å². The van der Waals surface area contributed by atoms with E-state index in [1.807, 2.05) is 0 Å². The lowest BCUT2D eigenvalue weighted by atomic mass is 10.2. The molecule has 0 radical (unpaired) electrons. The van der Waals surface area contributed by atoms with Crippen molar-refractivity contribution in [2.45, 2.75) is 23.9 Å². The van der Waals surface area contributed by atoms with Crippen LogP contribution in [0.2, 0.25) is 0 Å². The molecule has 0 spiro atoms. The lowest BCUT2D eigenvalue weighted by Gasteiger charge is -2.00. The molecule has 3 aromatic rings. The van der Waals surface area contributed by atoms with Crippen LogP contribution in [0, 0.1) is 25.5 Å². The average molecular weight is 381 g/mol. The molecule has 0 fully saturated rings. The molecule has 5 nitrogen and oxygen atoms in total. The van der Waals surface area contributed by atoms with Gasteiger partial charge >= 0.3 is 0 Å². The van der Waals surface area contributed by atoms with Gasteiger partial charge in [0.05, 0.1) is 5.56 Å². The van der Waals surface area contributed by atoms with Crippen LogP contribution in [-0.2, 0) is 5.75 Å². The smallest absolute Gasteiger partial charge is 0.261 e. The van der Waals surface area contributed by atoms with Crippen LogP contribution >= 0.6 is 23.1 Å². The molecule has 2 heterocycles. The zero-order valence-electron chi connectivity index (χ0n) is 13.3. The Bertz CT molecular complexity index is 924. The Morgan fingerprint density at radius 3 is 2.72 bits per heavy atom. The van der Waals surface area contributed by atoms with Crippen LogP contribution in [0.1, 0.15) is 27.4 Å². The third kappa shape index (κ3) is 4.23. The minimum absolute atomic E-state index is 0.317. The number of nitrogens with zero attached hydrogens (tertiary/aromatic N) is 2. The molecule has 25 heavy (non-hydrogen) atoms. The van der Waals surface area contributed by atoms with Crippen LogP contribution in [0.5, 0.6) is 0 Å². The monoisotopic (exact) mass is 381 g/mol. The molecular formula is C16H13F2N3O2S2. The highest BCUT2D eigenvalue weighted by molar-refractivity contribution is 8.00.